The van der Waals surface area contributed by atoms with Gasteiger partial charge >= 0.3 is 0 Å². The molecule has 8 nitrogen and oxygen atoms in total. The summed E-state index contributed by atoms with van der Waals surface area (Å²) in [7, 11) is 1.84. The molecule has 0 bridgehead atoms. The van der Waals surface area contributed by atoms with Gasteiger partial charge in [-0.2, -0.15) is 0 Å². The lowest BCUT2D eigenvalue weighted by Gasteiger charge is -2.34. The van der Waals surface area contributed by atoms with E-state index in [1.807, 2.05) is 25.5 Å². The van der Waals surface area contributed by atoms with Crippen molar-refractivity contribution >= 4 is 17.6 Å². The topological polar surface area (TPSA) is 71.9 Å². The molecule has 0 aliphatic carbocycles. The van der Waals surface area contributed by atoms with E-state index in [-0.39, 0.29) is 0 Å². The number of hydrogen-bond donors (Lipinski definition) is 2. The van der Waals surface area contributed by atoms with Gasteiger partial charge in [-0.25, -0.2) is 9.97 Å². The van der Waals surface area contributed by atoms with E-state index in [1.54, 1.807) is 0 Å². The van der Waals surface area contributed by atoms with Crippen LogP contribution in [0, 0.1) is 0 Å². The minimum atomic E-state index is 0.842. The summed E-state index contributed by atoms with van der Waals surface area (Å²) in [6.45, 7) is 11.3. The first kappa shape index (κ1) is 23.8. The summed E-state index contributed by atoms with van der Waals surface area (Å²) in [5, 5.41) is 6.89. The van der Waals surface area contributed by atoms with E-state index in [2.05, 4.69) is 77.5 Å². The second kappa shape index (κ2) is 13.5. The molecule has 1 fully saturated rings. The fraction of sp³-hybridized carbons (Fsp3) is 0.542. The molecule has 0 spiro atoms. The highest BCUT2D eigenvalue weighted by Crippen LogP contribution is 2.12. The molecular formula is C24H38N8. The molecule has 2 heterocycles. The van der Waals surface area contributed by atoms with Crippen molar-refractivity contribution in [3.8, 4) is 0 Å². The standard InChI is InChI=1S/C24H38N8/c1-3-31(22-10-5-4-6-11-22)17-9-15-27-23(25-2)26-14-8-16-30-18-20-32(21-19-30)24-28-12-7-13-29-24/h4-7,10-13H,3,8-9,14-21H2,1-2H3,(H2,25,26,27). The fourth-order valence-corrected chi connectivity index (χ4v) is 3.94. The number of aliphatic imine (C=N–C) groups is 1. The highest BCUT2D eigenvalue weighted by Gasteiger charge is 2.18. The number of anilines is 2. The Labute approximate surface area is 192 Å². The molecule has 0 amide bonds. The van der Waals surface area contributed by atoms with E-state index in [9.17, 15) is 0 Å². The SMILES string of the molecule is CCN(CCCNC(=NC)NCCCN1CCN(c2ncccn2)CC1)c1ccccc1. The quantitative estimate of drug-likeness (QED) is 0.316. The van der Waals surface area contributed by atoms with Crippen LogP contribution in [-0.4, -0.2) is 86.8 Å². The van der Waals surface area contributed by atoms with Gasteiger partial charge in [0.15, 0.2) is 5.96 Å². The van der Waals surface area contributed by atoms with Crippen molar-refractivity contribution in [3.63, 3.8) is 0 Å². The van der Waals surface area contributed by atoms with Gasteiger partial charge in [-0.1, -0.05) is 18.2 Å². The molecule has 1 aliphatic rings. The molecule has 1 aliphatic heterocycles. The number of aromatic nitrogens is 2. The van der Waals surface area contributed by atoms with E-state index in [0.717, 1.165) is 83.7 Å². The van der Waals surface area contributed by atoms with Gasteiger partial charge in [0.25, 0.3) is 0 Å². The monoisotopic (exact) mass is 438 g/mol. The van der Waals surface area contributed by atoms with Gasteiger partial charge in [0.05, 0.1) is 0 Å². The first-order valence-electron chi connectivity index (χ1n) is 11.8. The van der Waals surface area contributed by atoms with E-state index < -0.39 is 0 Å². The summed E-state index contributed by atoms with van der Waals surface area (Å²) < 4.78 is 0. The Morgan fingerprint density at radius 2 is 1.66 bits per heavy atom. The maximum absolute atomic E-state index is 4.36. The van der Waals surface area contributed by atoms with Gasteiger partial charge in [0, 0.05) is 77.5 Å². The van der Waals surface area contributed by atoms with Crippen LogP contribution in [0.25, 0.3) is 0 Å². The van der Waals surface area contributed by atoms with E-state index in [0.29, 0.717) is 0 Å². The smallest absolute Gasteiger partial charge is 0.225 e. The van der Waals surface area contributed by atoms with Crippen molar-refractivity contribution < 1.29 is 0 Å². The van der Waals surface area contributed by atoms with E-state index >= 15 is 0 Å². The molecule has 32 heavy (non-hydrogen) atoms. The molecule has 1 aromatic heterocycles. The van der Waals surface area contributed by atoms with Crippen LogP contribution in [-0.2, 0) is 0 Å². The van der Waals surface area contributed by atoms with Gasteiger partial charge in [-0.3, -0.25) is 9.89 Å². The summed E-state index contributed by atoms with van der Waals surface area (Å²) in [6, 6.07) is 12.5. The molecule has 1 saturated heterocycles. The molecule has 2 aromatic rings. The molecule has 1 aromatic carbocycles. The summed E-state index contributed by atoms with van der Waals surface area (Å²) in [6.07, 6.45) is 5.79. The highest BCUT2D eigenvalue weighted by molar-refractivity contribution is 5.79. The number of nitrogens with zero attached hydrogens (tertiary/aromatic N) is 6. The number of para-hydroxylation sites is 1. The van der Waals surface area contributed by atoms with Crippen molar-refractivity contribution in [3.05, 3.63) is 48.8 Å². The van der Waals surface area contributed by atoms with Crippen LogP contribution in [0.2, 0.25) is 0 Å². The van der Waals surface area contributed by atoms with Crippen LogP contribution < -0.4 is 20.4 Å². The maximum Gasteiger partial charge on any atom is 0.225 e. The van der Waals surface area contributed by atoms with Crippen molar-refractivity contribution in [2.45, 2.75) is 19.8 Å². The van der Waals surface area contributed by atoms with Crippen LogP contribution in [0.1, 0.15) is 19.8 Å². The minimum Gasteiger partial charge on any atom is -0.372 e. The Morgan fingerprint density at radius 3 is 2.31 bits per heavy atom. The molecular weight excluding hydrogens is 400 g/mol. The molecule has 2 N–H and O–H groups in total. The maximum atomic E-state index is 4.36. The van der Waals surface area contributed by atoms with Crippen LogP contribution in [0.15, 0.2) is 53.8 Å². The summed E-state index contributed by atoms with van der Waals surface area (Å²) in [5.41, 5.74) is 1.29. The van der Waals surface area contributed by atoms with Gasteiger partial charge in [-0.05, 0) is 44.5 Å². The van der Waals surface area contributed by atoms with Crippen molar-refractivity contribution in [2.75, 3.05) is 75.8 Å². The molecule has 0 atom stereocenters. The number of hydrogen-bond acceptors (Lipinski definition) is 6. The molecule has 3 rings (SSSR count). The zero-order chi connectivity index (χ0) is 22.4. The molecule has 0 radical (unpaired) electrons. The Bertz CT molecular complexity index is 775. The number of benzene rings is 1. The highest BCUT2D eigenvalue weighted by atomic mass is 15.3. The number of nitrogens with one attached hydrogen (secondary N) is 2. The number of rotatable bonds is 11. The van der Waals surface area contributed by atoms with Crippen LogP contribution in [0.5, 0.6) is 0 Å². The normalized spacial score (nSPS) is 14.9. The molecule has 0 saturated carbocycles. The van der Waals surface area contributed by atoms with Gasteiger partial charge in [0.2, 0.25) is 5.95 Å². The number of piperazine rings is 1. The van der Waals surface area contributed by atoms with Crippen LogP contribution in [0.3, 0.4) is 0 Å². The van der Waals surface area contributed by atoms with E-state index in [4.69, 9.17) is 0 Å². The van der Waals surface area contributed by atoms with Crippen molar-refractivity contribution in [1.29, 1.82) is 0 Å². The Hall–Kier alpha value is -2.87. The fourth-order valence-electron chi connectivity index (χ4n) is 3.94. The van der Waals surface area contributed by atoms with Crippen molar-refractivity contribution in [2.24, 2.45) is 4.99 Å². The second-order valence-electron chi connectivity index (χ2n) is 7.93. The molecule has 8 heteroatoms. The lowest BCUT2D eigenvalue weighted by Crippen LogP contribution is -2.47. The Morgan fingerprint density at radius 1 is 0.969 bits per heavy atom. The zero-order valence-corrected chi connectivity index (χ0v) is 19.6. The van der Waals surface area contributed by atoms with Gasteiger partial charge in [0.1, 0.15) is 0 Å². The lowest BCUT2D eigenvalue weighted by atomic mass is 10.2. The third kappa shape index (κ3) is 7.67. The third-order valence-electron chi connectivity index (χ3n) is 5.77. The third-order valence-corrected chi connectivity index (χ3v) is 5.77. The average Bonchev–Trinajstić information content (AvgIpc) is 2.86. The number of guanidine groups is 1. The molecule has 0 unspecified atom stereocenters. The van der Waals surface area contributed by atoms with Crippen LogP contribution >= 0.6 is 0 Å². The predicted octanol–water partition coefficient (Wildman–Crippen LogP) is 2.07. The Kier molecular flexibility index (Phi) is 10.1. The first-order valence-corrected chi connectivity index (χ1v) is 11.8. The second-order valence-corrected chi connectivity index (χ2v) is 7.93. The lowest BCUT2D eigenvalue weighted by molar-refractivity contribution is 0.254. The van der Waals surface area contributed by atoms with Gasteiger partial charge < -0.3 is 20.4 Å². The zero-order valence-electron chi connectivity index (χ0n) is 19.6. The largest absolute Gasteiger partial charge is 0.372 e. The minimum absolute atomic E-state index is 0.842. The van der Waals surface area contributed by atoms with Crippen molar-refractivity contribution in [1.82, 2.24) is 25.5 Å². The molecule has 174 valence electrons. The average molecular weight is 439 g/mol. The van der Waals surface area contributed by atoms with Crippen LogP contribution in [0.4, 0.5) is 11.6 Å². The predicted molar refractivity (Wildman–Crippen MR) is 134 cm³/mol. The van der Waals surface area contributed by atoms with E-state index in [1.165, 1.54) is 5.69 Å². The Balaban J connectivity index is 1.25. The van der Waals surface area contributed by atoms with Gasteiger partial charge in [-0.15, -0.1) is 0 Å². The summed E-state index contributed by atoms with van der Waals surface area (Å²) >= 11 is 0. The summed E-state index contributed by atoms with van der Waals surface area (Å²) in [5.74, 6) is 1.73. The first-order chi connectivity index (χ1) is 15.8. The summed E-state index contributed by atoms with van der Waals surface area (Å²) in [4.78, 5) is 20.2.